The van der Waals surface area contributed by atoms with Gasteiger partial charge in [-0.05, 0) is 53.8 Å². The molecule has 1 N–H and O–H groups in total. The summed E-state index contributed by atoms with van der Waals surface area (Å²) in [6, 6.07) is 6.76. The van der Waals surface area contributed by atoms with Crippen LogP contribution in [0, 0.1) is 13.7 Å². The number of carbonyl (C=O) groups is 2. The lowest BCUT2D eigenvalue weighted by Gasteiger charge is -2.20. The molecule has 2 rings (SSSR count). The van der Waals surface area contributed by atoms with Gasteiger partial charge in [-0.25, -0.2) is 9.59 Å². The fraction of sp³-hybridized carbons (Fsp3) is 0.176. The molecule has 0 aliphatic heterocycles. The molecule has 15 heteroatoms. The van der Waals surface area contributed by atoms with Gasteiger partial charge in [0.05, 0.1) is 15.5 Å². The van der Waals surface area contributed by atoms with Crippen molar-refractivity contribution in [3.8, 4) is 5.75 Å². The molecule has 0 aliphatic rings. The number of rotatable bonds is 7. The summed E-state index contributed by atoms with van der Waals surface area (Å²) in [4.78, 5) is 34.7. The van der Waals surface area contributed by atoms with Gasteiger partial charge in [-0.15, -0.1) is 0 Å². The third kappa shape index (κ3) is 5.67. The molecule has 2 aromatic carbocycles. The molecule has 2 aromatic rings. The number of hydrogen-bond acceptors (Lipinski definition) is 8. The number of carbonyl (C=O) groups excluding carboxylic acids is 2. The van der Waals surface area contributed by atoms with Crippen molar-refractivity contribution in [1.29, 1.82) is 0 Å². The van der Waals surface area contributed by atoms with E-state index in [1.807, 2.05) is 22.6 Å². The Balaban J connectivity index is 2.36. The van der Waals surface area contributed by atoms with Crippen molar-refractivity contribution >= 4 is 61.9 Å². The van der Waals surface area contributed by atoms with Crippen LogP contribution in [0.1, 0.15) is 27.6 Å². The van der Waals surface area contributed by atoms with Crippen LogP contribution in [0.3, 0.4) is 0 Å². The molecular formula is C17H11ClF2INO9S. The van der Waals surface area contributed by atoms with Crippen molar-refractivity contribution in [3.05, 3.63) is 66.2 Å². The van der Waals surface area contributed by atoms with Crippen LogP contribution in [0.5, 0.6) is 5.75 Å². The highest BCUT2D eigenvalue weighted by atomic mass is 127. The molecule has 172 valence electrons. The highest BCUT2D eigenvalue weighted by Crippen LogP contribution is 2.31. The van der Waals surface area contributed by atoms with Crippen LogP contribution >= 0.6 is 34.2 Å². The Morgan fingerprint density at radius 1 is 1.19 bits per heavy atom. The average molecular weight is 606 g/mol. The molecule has 10 nitrogen and oxygen atoms in total. The smallest absolute Gasteiger partial charge is 0.405 e. The van der Waals surface area contributed by atoms with Gasteiger partial charge in [-0.1, -0.05) is 11.6 Å². The van der Waals surface area contributed by atoms with Crippen molar-refractivity contribution in [2.24, 2.45) is 0 Å². The van der Waals surface area contributed by atoms with Gasteiger partial charge in [-0.2, -0.15) is 17.2 Å². The molecule has 32 heavy (non-hydrogen) atoms. The van der Waals surface area contributed by atoms with E-state index in [0.29, 0.717) is 13.0 Å². The number of hydrogen-bond donors (Lipinski definition) is 1. The Bertz CT molecular complexity index is 1210. The van der Waals surface area contributed by atoms with E-state index in [1.54, 1.807) is 6.07 Å². The van der Waals surface area contributed by atoms with Crippen molar-refractivity contribution < 1.29 is 45.7 Å². The van der Waals surface area contributed by atoms with Crippen LogP contribution in [-0.4, -0.2) is 41.2 Å². The lowest BCUT2D eigenvalue weighted by Crippen LogP contribution is -2.42. The van der Waals surface area contributed by atoms with Gasteiger partial charge < -0.3 is 9.47 Å². The first-order chi connectivity index (χ1) is 14.6. The summed E-state index contributed by atoms with van der Waals surface area (Å²) in [6.45, 7) is 0.458. The second-order valence-electron chi connectivity index (χ2n) is 6.03. The summed E-state index contributed by atoms with van der Waals surface area (Å²) in [7, 11) is -5.94. The van der Waals surface area contributed by atoms with Crippen LogP contribution in [-0.2, 0) is 14.9 Å². The molecule has 0 bridgehead atoms. The molecule has 0 saturated heterocycles. The summed E-state index contributed by atoms with van der Waals surface area (Å²) in [5, 5.41) is 6.35. The first-order valence-corrected chi connectivity index (χ1v) is 11.1. The number of benzene rings is 2. The summed E-state index contributed by atoms with van der Waals surface area (Å²) in [6.07, 6.45) is -2.71. The number of halogens is 4. The zero-order chi connectivity index (χ0) is 24.4. The fourth-order valence-corrected chi connectivity index (χ4v) is 3.62. The standard InChI is InChI=1S/C17H11ClF2INO9S/c1-8(17(19,20)32(27,28)29)30-16(24)12-7-10(3-5-14(12)22(25)26)31-15(23)11-4-2-9(21)6-13(11)18/h2-8H,1H3,(H,27,28,29). The minimum Gasteiger partial charge on any atom is -0.451 e. The minimum absolute atomic E-state index is 0.0460. The first kappa shape index (κ1) is 25.8. The quantitative estimate of drug-likeness (QED) is 0.123. The molecule has 0 aliphatic carbocycles. The first-order valence-electron chi connectivity index (χ1n) is 8.16. The van der Waals surface area contributed by atoms with Crippen LogP contribution in [0.4, 0.5) is 14.5 Å². The zero-order valence-electron chi connectivity index (χ0n) is 15.6. The number of esters is 2. The van der Waals surface area contributed by atoms with E-state index in [2.05, 4.69) is 4.74 Å². The normalized spacial score (nSPS) is 12.7. The fourth-order valence-electron chi connectivity index (χ4n) is 2.22. The molecule has 0 aromatic heterocycles. The third-order valence-electron chi connectivity index (χ3n) is 3.85. The van der Waals surface area contributed by atoms with E-state index in [9.17, 15) is 36.9 Å². The predicted octanol–water partition coefficient (Wildman–Crippen LogP) is 4.10. The molecule has 0 saturated carbocycles. The zero-order valence-corrected chi connectivity index (χ0v) is 19.4. The van der Waals surface area contributed by atoms with Crippen LogP contribution in [0.25, 0.3) is 0 Å². The summed E-state index contributed by atoms with van der Waals surface area (Å²) in [5.41, 5.74) is -1.87. The largest absolute Gasteiger partial charge is 0.451 e. The van der Waals surface area contributed by atoms with E-state index in [0.717, 1.165) is 15.7 Å². The lowest BCUT2D eigenvalue weighted by atomic mass is 10.1. The van der Waals surface area contributed by atoms with Crippen LogP contribution in [0.15, 0.2) is 36.4 Å². The molecule has 0 spiro atoms. The Morgan fingerprint density at radius 3 is 2.34 bits per heavy atom. The summed E-state index contributed by atoms with van der Waals surface area (Å²) < 4.78 is 67.5. The Morgan fingerprint density at radius 2 is 1.81 bits per heavy atom. The Kier molecular flexibility index (Phi) is 7.75. The van der Waals surface area contributed by atoms with Gasteiger partial charge in [0, 0.05) is 15.7 Å². The van der Waals surface area contributed by atoms with Gasteiger partial charge in [0.25, 0.3) is 5.69 Å². The third-order valence-corrected chi connectivity index (χ3v) is 5.85. The number of ether oxygens (including phenoxy) is 2. The maximum absolute atomic E-state index is 13.6. The second-order valence-corrected chi connectivity index (χ2v) is 9.18. The molecule has 0 fully saturated rings. The predicted molar refractivity (Wildman–Crippen MR) is 114 cm³/mol. The van der Waals surface area contributed by atoms with Crippen molar-refractivity contribution in [2.75, 3.05) is 0 Å². The molecule has 0 amide bonds. The lowest BCUT2D eigenvalue weighted by molar-refractivity contribution is -0.385. The van der Waals surface area contributed by atoms with E-state index < -0.39 is 55.3 Å². The van der Waals surface area contributed by atoms with Crippen LogP contribution < -0.4 is 4.74 Å². The van der Waals surface area contributed by atoms with Crippen LogP contribution in [0.2, 0.25) is 5.02 Å². The maximum Gasteiger partial charge on any atom is 0.405 e. The molecule has 0 radical (unpaired) electrons. The molecular weight excluding hydrogens is 595 g/mol. The van der Waals surface area contributed by atoms with E-state index in [1.165, 1.54) is 12.1 Å². The van der Waals surface area contributed by atoms with E-state index in [-0.39, 0.29) is 10.6 Å². The van der Waals surface area contributed by atoms with Gasteiger partial charge in [0.15, 0.2) is 6.10 Å². The number of nitrogens with zero attached hydrogens (tertiary/aromatic N) is 1. The van der Waals surface area contributed by atoms with Crippen molar-refractivity contribution in [1.82, 2.24) is 0 Å². The molecule has 1 unspecified atom stereocenters. The second kappa shape index (κ2) is 9.60. The van der Waals surface area contributed by atoms with Crippen molar-refractivity contribution in [3.63, 3.8) is 0 Å². The topological polar surface area (TPSA) is 150 Å². The van der Waals surface area contributed by atoms with Crippen molar-refractivity contribution in [2.45, 2.75) is 18.3 Å². The summed E-state index contributed by atoms with van der Waals surface area (Å²) in [5.74, 6) is -3.10. The van der Waals surface area contributed by atoms with E-state index in [4.69, 9.17) is 20.9 Å². The monoisotopic (exact) mass is 605 g/mol. The number of alkyl halides is 2. The Hall–Kier alpha value is -2.43. The summed E-state index contributed by atoms with van der Waals surface area (Å²) >= 11 is 7.92. The Labute approximate surface area is 197 Å². The van der Waals surface area contributed by atoms with Gasteiger partial charge in [-0.3, -0.25) is 14.7 Å². The SMILES string of the molecule is CC(OC(=O)c1cc(OC(=O)c2ccc(I)cc2Cl)ccc1[N+](=O)[O-])C(F)(F)S(=O)(=O)O. The minimum atomic E-state index is -5.94. The van der Waals surface area contributed by atoms with Gasteiger partial charge >= 0.3 is 27.3 Å². The number of nitro benzene ring substituents is 1. The molecule has 1 atom stereocenters. The number of nitro groups is 1. The van der Waals surface area contributed by atoms with Gasteiger partial charge in [0.1, 0.15) is 11.3 Å². The average Bonchev–Trinajstić information content (AvgIpc) is 2.66. The molecule has 0 heterocycles. The maximum atomic E-state index is 13.6. The van der Waals surface area contributed by atoms with E-state index >= 15 is 0 Å². The van der Waals surface area contributed by atoms with Gasteiger partial charge in [0.2, 0.25) is 0 Å². The highest BCUT2D eigenvalue weighted by Gasteiger charge is 2.52. The highest BCUT2D eigenvalue weighted by molar-refractivity contribution is 14.1.